The van der Waals surface area contributed by atoms with E-state index >= 15 is 0 Å². The molecule has 120 valence electrons. The standard InChI is InChI=1S/C13H18F3NO3S/c1-9(2)17(8-13(14,15)16)21(19,20)12-6-4-5-11(7-12)10(3)18/h4-7,9-10,18H,8H2,1-3H3. The summed E-state index contributed by atoms with van der Waals surface area (Å²) in [4.78, 5) is -0.265. The van der Waals surface area contributed by atoms with Crippen LogP contribution in [0.15, 0.2) is 29.2 Å². The Labute approximate surface area is 122 Å². The molecule has 0 saturated carbocycles. The van der Waals surface area contributed by atoms with Crippen LogP contribution in [0.3, 0.4) is 0 Å². The second-order valence-electron chi connectivity index (χ2n) is 5.01. The van der Waals surface area contributed by atoms with Gasteiger partial charge in [-0.2, -0.15) is 17.5 Å². The van der Waals surface area contributed by atoms with Crippen molar-refractivity contribution in [3.05, 3.63) is 29.8 Å². The largest absolute Gasteiger partial charge is 0.402 e. The van der Waals surface area contributed by atoms with Crippen LogP contribution >= 0.6 is 0 Å². The predicted octanol–water partition coefficient (Wildman–Crippen LogP) is 2.70. The number of halogens is 3. The zero-order chi connectivity index (χ0) is 16.4. The Hall–Kier alpha value is -1.12. The van der Waals surface area contributed by atoms with Gasteiger partial charge >= 0.3 is 6.18 Å². The molecule has 21 heavy (non-hydrogen) atoms. The molecule has 1 aromatic rings. The molecule has 1 unspecified atom stereocenters. The molecule has 0 saturated heterocycles. The van der Waals surface area contributed by atoms with Gasteiger partial charge in [-0.3, -0.25) is 0 Å². The van der Waals surface area contributed by atoms with Crippen LogP contribution in [0.1, 0.15) is 32.4 Å². The molecule has 0 fully saturated rings. The van der Waals surface area contributed by atoms with Crippen molar-refractivity contribution < 1.29 is 26.7 Å². The number of rotatable bonds is 5. The number of sulfonamides is 1. The van der Waals surface area contributed by atoms with Gasteiger partial charge in [0.25, 0.3) is 0 Å². The first-order valence-corrected chi connectivity index (χ1v) is 7.76. The van der Waals surface area contributed by atoms with Crippen molar-refractivity contribution in [3.63, 3.8) is 0 Å². The number of hydrogen-bond acceptors (Lipinski definition) is 3. The van der Waals surface area contributed by atoms with E-state index in [1.807, 2.05) is 0 Å². The Bertz CT molecular complexity index is 583. The maximum atomic E-state index is 12.6. The van der Waals surface area contributed by atoms with E-state index in [-0.39, 0.29) is 4.90 Å². The van der Waals surface area contributed by atoms with Crippen LogP contribution in [0.4, 0.5) is 13.2 Å². The molecule has 8 heteroatoms. The first-order chi connectivity index (χ1) is 9.45. The Balaban J connectivity index is 3.26. The molecule has 0 amide bonds. The van der Waals surface area contributed by atoms with Crippen LogP contribution < -0.4 is 0 Å². The van der Waals surface area contributed by atoms with E-state index in [1.54, 1.807) is 0 Å². The molecule has 1 N–H and O–H groups in total. The SMILES string of the molecule is CC(O)c1cccc(S(=O)(=O)N(CC(F)(F)F)C(C)C)c1. The zero-order valence-electron chi connectivity index (χ0n) is 11.9. The summed E-state index contributed by atoms with van der Waals surface area (Å²) in [5.41, 5.74) is 0.326. The second kappa shape index (κ2) is 6.33. The van der Waals surface area contributed by atoms with Gasteiger partial charge in [-0.15, -0.1) is 0 Å². The Morgan fingerprint density at radius 3 is 2.24 bits per heavy atom. The maximum absolute atomic E-state index is 12.6. The molecule has 0 radical (unpaired) electrons. The van der Waals surface area contributed by atoms with Gasteiger partial charge in [0.15, 0.2) is 0 Å². The highest BCUT2D eigenvalue weighted by molar-refractivity contribution is 7.89. The zero-order valence-corrected chi connectivity index (χ0v) is 12.7. The average molecular weight is 325 g/mol. The average Bonchev–Trinajstić information content (AvgIpc) is 2.34. The van der Waals surface area contributed by atoms with Gasteiger partial charge in [-0.1, -0.05) is 12.1 Å². The summed E-state index contributed by atoms with van der Waals surface area (Å²) in [7, 11) is -4.29. The topological polar surface area (TPSA) is 57.6 Å². The first-order valence-electron chi connectivity index (χ1n) is 6.32. The maximum Gasteiger partial charge on any atom is 0.402 e. The molecule has 0 aromatic heterocycles. The van der Waals surface area contributed by atoms with Crippen molar-refractivity contribution >= 4 is 10.0 Å². The smallest absolute Gasteiger partial charge is 0.389 e. The summed E-state index contributed by atoms with van der Waals surface area (Å²) in [6, 6.07) is 4.46. The highest BCUT2D eigenvalue weighted by atomic mass is 32.2. The quantitative estimate of drug-likeness (QED) is 0.905. The van der Waals surface area contributed by atoms with Gasteiger partial charge in [-0.05, 0) is 38.5 Å². The molecule has 1 atom stereocenters. The van der Waals surface area contributed by atoms with Crippen LogP contribution in [-0.4, -0.2) is 36.6 Å². The molecule has 0 aliphatic carbocycles. The minimum absolute atomic E-state index is 0.265. The molecule has 0 heterocycles. The highest BCUT2D eigenvalue weighted by Gasteiger charge is 2.38. The van der Waals surface area contributed by atoms with E-state index in [2.05, 4.69) is 0 Å². The van der Waals surface area contributed by atoms with Crippen LogP contribution in [-0.2, 0) is 10.0 Å². The van der Waals surface area contributed by atoms with Gasteiger partial charge < -0.3 is 5.11 Å². The van der Waals surface area contributed by atoms with Crippen LogP contribution in [0.2, 0.25) is 0 Å². The van der Waals surface area contributed by atoms with Gasteiger partial charge in [0.1, 0.15) is 6.54 Å². The van der Waals surface area contributed by atoms with Crippen LogP contribution in [0.25, 0.3) is 0 Å². The van der Waals surface area contributed by atoms with Gasteiger partial charge in [0.2, 0.25) is 10.0 Å². The number of alkyl halides is 3. The lowest BCUT2D eigenvalue weighted by Crippen LogP contribution is -2.43. The molecular formula is C13H18F3NO3S. The third kappa shape index (κ3) is 4.69. The number of aliphatic hydroxyl groups excluding tert-OH is 1. The third-order valence-electron chi connectivity index (χ3n) is 2.86. The Morgan fingerprint density at radius 1 is 1.24 bits per heavy atom. The normalized spacial score (nSPS) is 14.7. The van der Waals surface area contributed by atoms with Crippen molar-refractivity contribution in [2.24, 2.45) is 0 Å². The monoisotopic (exact) mass is 325 g/mol. The molecular weight excluding hydrogens is 307 g/mol. The van der Waals surface area contributed by atoms with E-state index < -0.39 is 34.9 Å². The van der Waals surface area contributed by atoms with E-state index in [4.69, 9.17) is 0 Å². The van der Waals surface area contributed by atoms with Crippen LogP contribution in [0, 0.1) is 0 Å². The summed E-state index contributed by atoms with van der Waals surface area (Å²) in [6.07, 6.45) is -5.53. The summed E-state index contributed by atoms with van der Waals surface area (Å²) >= 11 is 0. The fourth-order valence-corrected chi connectivity index (χ4v) is 3.47. The van der Waals surface area contributed by atoms with Gasteiger partial charge in [0, 0.05) is 6.04 Å². The highest BCUT2D eigenvalue weighted by Crippen LogP contribution is 2.26. The second-order valence-corrected chi connectivity index (χ2v) is 6.90. The minimum Gasteiger partial charge on any atom is -0.389 e. The summed E-state index contributed by atoms with van der Waals surface area (Å²) in [5.74, 6) is 0. The lowest BCUT2D eigenvalue weighted by molar-refractivity contribution is -0.138. The molecule has 0 spiro atoms. The molecule has 1 rings (SSSR count). The first kappa shape index (κ1) is 17.9. The van der Waals surface area contributed by atoms with Gasteiger partial charge in [-0.25, -0.2) is 8.42 Å². The molecule has 1 aromatic carbocycles. The molecule has 0 aliphatic heterocycles. The molecule has 0 bridgehead atoms. The van der Waals surface area contributed by atoms with E-state index in [0.29, 0.717) is 9.87 Å². The van der Waals surface area contributed by atoms with Crippen molar-refractivity contribution in [1.29, 1.82) is 0 Å². The molecule has 4 nitrogen and oxygen atoms in total. The Morgan fingerprint density at radius 2 is 1.81 bits per heavy atom. The van der Waals surface area contributed by atoms with E-state index in [0.717, 1.165) is 0 Å². The fraction of sp³-hybridized carbons (Fsp3) is 0.538. The van der Waals surface area contributed by atoms with Crippen molar-refractivity contribution in [3.8, 4) is 0 Å². The lowest BCUT2D eigenvalue weighted by Gasteiger charge is -2.27. The number of hydrogen-bond donors (Lipinski definition) is 1. The van der Waals surface area contributed by atoms with Crippen LogP contribution in [0.5, 0.6) is 0 Å². The summed E-state index contributed by atoms with van der Waals surface area (Å²) in [5, 5.41) is 9.46. The number of benzene rings is 1. The number of aliphatic hydroxyl groups is 1. The molecule has 0 aliphatic rings. The summed E-state index contributed by atoms with van der Waals surface area (Å²) < 4.78 is 62.9. The third-order valence-corrected chi connectivity index (χ3v) is 4.88. The van der Waals surface area contributed by atoms with Crippen molar-refractivity contribution in [2.75, 3.05) is 6.54 Å². The summed E-state index contributed by atoms with van der Waals surface area (Å²) in [6.45, 7) is 2.65. The number of nitrogens with zero attached hydrogens (tertiary/aromatic N) is 1. The van der Waals surface area contributed by atoms with E-state index in [1.165, 1.54) is 45.0 Å². The van der Waals surface area contributed by atoms with Gasteiger partial charge in [0.05, 0.1) is 11.0 Å². The van der Waals surface area contributed by atoms with Crippen molar-refractivity contribution in [1.82, 2.24) is 4.31 Å². The predicted molar refractivity (Wildman–Crippen MR) is 72.2 cm³/mol. The van der Waals surface area contributed by atoms with Crippen molar-refractivity contribution in [2.45, 2.75) is 44.0 Å². The fourth-order valence-electron chi connectivity index (χ4n) is 1.79. The minimum atomic E-state index is -4.63. The van der Waals surface area contributed by atoms with E-state index in [9.17, 15) is 26.7 Å². The lowest BCUT2D eigenvalue weighted by atomic mass is 10.1. The Kier molecular flexibility index (Phi) is 5.40.